The van der Waals surface area contributed by atoms with Crippen LogP contribution in [0.2, 0.25) is 0 Å². The molecule has 9 heteroatoms. The lowest BCUT2D eigenvalue weighted by Crippen LogP contribution is -2.34. The fourth-order valence-electron chi connectivity index (χ4n) is 6.02. The predicted molar refractivity (Wildman–Crippen MR) is 144 cm³/mol. The number of aliphatic carboxylic acids is 1. The van der Waals surface area contributed by atoms with Gasteiger partial charge in [0.25, 0.3) is 0 Å². The highest BCUT2D eigenvalue weighted by Crippen LogP contribution is 2.34. The van der Waals surface area contributed by atoms with Crippen molar-refractivity contribution in [2.75, 3.05) is 38.2 Å². The van der Waals surface area contributed by atoms with Gasteiger partial charge in [-0.3, -0.25) is 9.69 Å². The minimum absolute atomic E-state index is 0.0469. The quantitative estimate of drug-likeness (QED) is 0.361. The SMILES string of the molecule is O=C(O)[C@@H](c1cc(F)ccc1CO[C@H]1CCOC1)N1CC[C@@H]([C@@H](F)CCCCc2ccc3c(n2)NCCC3)C1. The van der Waals surface area contributed by atoms with Crippen LogP contribution in [0.4, 0.5) is 14.6 Å². The van der Waals surface area contributed by atoms with Crippen LogP contribution in [0.1, 0.15) is 67.0 Å². The van der Waals surface area contributed by atoms with Crippen molar-refractivity contribution in [2.24, 2.45) is 5.92 Å². The fourth-order valence-corrected chi connectivity index (χ4v) is 6.02. The highest BCUT2D eigenvalue weighted by molar-refractivity contribution is 5.76. The van der Waals surface area contributed by atoms with Crippen molar-refractivity contribution in [2.45, 2.75) is 76.3 Å². The minimum atomic E-state index is -1.06. The normalized spacial score (nSPS) is 22.8. The van der Waals surface area contributed by atoms with Crippen molar-refractivity contribution < 1.29 is 28.2 Å². The van der Waals surface area contributed by atoms with Crippen molar-refractivity contribution in [3.05, 3.63) is 58.5 Å². The molecule has 2 N–H and O–H groups in total. The van der Waals surface area contributed by atoms with E-state index in [4.69, 9.17) is 14.5 Å². The third-order valence-corrected chi connectivity index (χ3v) is 8.25. The Morgan fingerprint density at radius 1 is 1.26 bits per heavy atom. The first-order valence-corrected chi connectivity index (χ1v) is 14.3. The maximum absolute atomic E-state index is 15.2. The highest BCUT2D eigenvalue weighted by atomic mass is 19.1. The number of carbonyl (C=O) groups is 1. The zero-order chi connectivity index (χ0) is 27.2. The number of pyridine rings is 1. The van der Waals surface area contributed by atoms with E-state index in [0.29, 0.717) is 50.3 Å². The van der Waals surface area contributed by atoms with Crippen molar-refractivity contribution in [1.29, 1.82) is 0 Å². The van der Waals surface area contributed by atoms with E-state index in [9.17, 15) is 14.3 Å². The van der Waals surface area contributed by atoms with E-state index in [0.717, 1.165) is 56.6 Å². The molecule has 3 aliphatic rings. The number of alkyl halides is 1. The number of likely N-dealkylation sites (tertiary alicyclic amines) is 1. The molecular weight excluding hydrogens is 504 g/mol. The van der Waals surface area contributed by atoms with Crippen molar-refractivity contribution in [3.63, 3.8) is 0 Å². The zero-order valence-corrected chi connectivity index (χ0v) is 22.4. The van der Waals surface area contributed by atoms with Crippen LogP contribution in [0.5, 0.6) is 0 Å². The number of ether oxygens (including phenoxy) is 2. The molecule has 1 aromatic heterocycles. The van der Waals surface area contributed by atoms with Crippen molar-refractivity contribution in [1.82, 2.24) is 9.88 Å². The first kappa shape index (κ1) is 27.9. The number of aromatic nitrogens is 1. The zero-order valence-electron chi connectivity index (χ0n) is 22.4. The topological polar surface area (TPSA) is 83.9 Å². The van der Waals surface area contributed by atoms with Crippen LogP contribution in [0, 0.1) is 11.7 Å². The maximum atomic E-state index is 15.2. The molecule has 39 heavy (non-hydrogen) atoms. The van der Waals surface area contributed by atoms with E-state index in [1.807, 2.05) is 0 Å². The van der Waals surface area contributed by atoms with Gasteiger partial charge in [0.1, 0.15) is 23.8 Å². The molecule has 0 saturated carbocycles. The van der Waals surface area contributed by atoms with E-state index in [1.165, 1.54) is 17.7 Å². The van der Waals surface area contributed by atoms with Gasteiger partial charge in [0, 0.05) is 31.3 Å². The molecule has 2 fully saturated rings. The van der Waals surface area contributed by atoms with Crippen LogP contribution in [-0.4, -0.2) is 66.1 Å². The number of benzene rings is 1. The molecule has 3 aliphatic heterocycles. The van der Waals surface area contributed by atoms with Gasteiger partial charge < -0.3 is 19.9 Å². The molecule has 0 aliphatic carbocycles. The molecule has 4 atom stereocenters. The Morgan fingerprint density at radius 2 is 2.15 bits per heavy atom. The maximum Gasteiger partial charge on any atom is 0.325 e. The smallest absolute Gasteiger partial charge is 0.325 e. The average molecular weight is 544 g/mol. The molecule has 2 saturated heterocycles. The van der Waals surface area contributed by atoms with E-state index in [-0.39, 0.29) is 18.6 Å². The molecule has 1 aromatic carbocycles. The Hall–Kier alpha value is -2.62. The summed E-state index contributed by atoms with van der Waals surface area (Å²) in [6.07, 6.45) is 5.39. The Labute approximate surface area is 228 Å². The van der Waals surface area contributed by atoms with Crippen LogP contribution < -0.4 is 5.32 Å². The first-order valence-electron chi connectivity index (χ1n) is 14.3. The molecule has 4 heterocycles. The summed E-state index contributed by atoms with van der Waals surface area (Å²) in [5.74, 6) is -0.801. The van der Waals surface area contributed by atoms with Gasteiger partial charge >= 0.3 is 5.97 Å². The van der Waals surface area contributed by atoms with Crippen LogP contribution in [0.25, 0.3) is 0 Å². The largest absolute Gasteiger partial charge is 0.480 e. The van der Waals surface area contributed by atoms with Gasteiger partial charge in [-0.1, -0.05) is 18.6 Å². The van der Waals surface area contributed by atoms with Crippen LogP contribution in [-0.2, 0) is 33.7 Å². The fraction of sp³-hybridized carbons (Fsp3) is 0.600. The highest BCUT2D eigenvalue weighted by Gasteiger charge is 2.37. The van der Waals surface area contributed by atoms with Gasteiger partial charge in [0.2, 0.25) is 0 Å². The summed E-state index contributed by atoms with van der Waals surface area (Å²) in [5, 5.41) is 13.5. The van der Waals surface area contributed by atoms with Gasteiger partial charge in [0.05, 0.1) is 19.3 Å². The Balaban J connectivity index is 1.14. The Morgan fingerprint density at radius 3 is 2.97 bits per heavy atom. The molecule has 0 bridgehead atoms. The van der Waals surface area contributed by atoms with Gasteiger partial charge in [-0.25, -0.2) is 13.8 Å². The summed E-state index contributed by atoms with van der Waals surface area (Å²) in [6, 6.07) is 7.38. The van der Waals surface area contributed by atoms with Gasteiger partial charge in [-0.15, -0.1) is 0 Å². The van der Waals surface area contributed by atoms with Crippen molar-refractivity contribution >= 4 is 11.8 Å². The summed E-state index contributed by atoms with van der Waals surface area (Å²) in [4.78, 5) is 18.9. The third kappa shape index (κ3) is 7.13. The number of fused-ring (bicyclic) bond motifs is 1. The van der Waals surface area contributed by atoms with Gasteiger partial charge in [-0.05, 0) is 86.4 Å². The number of nitrogens with one attached hydrogen (secondary N) is 1. The van der Waals surface area contributed by atoms with E-state index >= 15 is 4.39 Å². The van der Waals surface area contributed by atoms with E-state index in [1.54, 1.807) is 11.0 Å². The van der Waals surface area contributed by atoms with Gasteiger partial charge in [0.15, 0.2) is 0 Å². The summed E-state index contributed by atoms with van der Waals surface area (Å²) in [5.41, 5.74) is 3.32. The second kappa shape index (κ2) is 13.2. The molecular formula is C30H39F2N3O4. The number of unbranched alkanes of at least 4 members (excludes halogenated alkanes) is 1. The summed E-state index contributed by atoms with van der Waals surface area (Å²) < 4.78 is 40.7. The molecule has 0 amide bonds. The number of rotatable bonds is 12. The predicted octanol–water partition coefficient (Wildman–Crippen LogP) is 5.08. The molecule has 0 radical (unpaired) electrons. The first-order chi connectivity index (χ1) is 19.0. The molecule has 7 nitrogen and oxygen atoms in total. The molecule has 212 valence electrons. The summed E-state index contributed by atoms with van der Waals surface area (Å²) in [7, 11) is 0. The monoisotopic (exact) mass is 543 g/mol. The van der Waals surface area contributed by atoms with Crippen molar-refractivity contribution in [3.8, 4) is 0 Å². The number of nitrogens with zero attached hydrogens (tertiary/aromatic N) is 2. The molecule has 0 spiro atoms. The number of anilines is 1. The second-order valence-electron chi connectivity index (χ2n) is 11.0. The van der Waals surface area contributed by atoms with Crippen LogP contribution in [0.3, 0.4) is 0 Å². The summed E-state index contributed by atoms with van der Waals surface area (Å²) in [6.45, 7) is 3.08. The lowest BCUT2D eigenvalue weighted by atomic mass is 9.96. The number of hydrogen-bond donors (Lipinski definition) is 2. The minimum Gasteiger partial charge on any atom is -0.480 e. The number of carboxylic acids is 1. The van der Waals surface area contributed by atoms with Gasteiger partial charge in [-0.2, -0.15) is 0 Å². The number of halogens is 2. The Kier molecular flexibility index (Phi) is 9.42. The van der Waals surface area contributed by atoms with Crippen LogP contribution >= 0.6 is 0 Å². The number of aryl methyl sites for hydroxylation is 2. The average Bonchev–Trinajstić information content (AvgIpc) is 3.63. The summed E-state index contributed by atoms with van der Waals surface area (Å²) >= 11 is 0. The Bertz CT molecular complexity index is 1130. The number of hydrogen-bond acceptors (Lipinski definition) is 6. The standard InChI is InChI=1S/C30H39F2N3O4/c31-23-9-7-22(18-39-25-12-15-38-19-25)26(16-23)28(30(36)37)35-14-11-21(17-35)27(32)6-2-1-5-24-10-8-20-4-3-13-33-29(20)34-24/h7-10,16,21,25,27-28H,1-6,11-15,17-19H2,(H,33,34)(H,36,37)/t21-,25+,27+,28-/m1/s1. The lowest BCUT2D eigenvalue weighted by Gasteiger charge is -2.27. The third-order valence-electron chi connectivity index (χ3n) is 8.25. The van der Waals surface area contributed by atoms with Crippen LogP contribution in [0.15, 0.2) is 30.3 Å². The van der Waals surface area contributed by atoms with E-state index in [2.05, 4.69) is 17.4 Å². The lowest BCUT2D eigenvalue weighted by molar-refractivity contribution is -0.143. The number of carboxylic acid groups (broad SMARTS) is 1. The molecule has 5 rings (SSSR count). The second-order valence-corrected chi connectivity index (χ2v) is 11.0. The van der Waals surface area contributed by atoms with E-state index < -0.39 is 24.0 Å². The molecule has 2 aromatic rings. The molecule has 0 unspecified atom stereocenters.